The first-order chi connectivity index (χ1) is 6.47. The molecule has 0 radical (unpaired) electrons. The van der Waals surface area contributed by atoms with Crippen LogP contribution >= 0.6 is 11.8 Å². The normalized spacial score (nSPS) is 19.4. The average Bonchev–Trinajstić information content (AvgIpc) is 2.02. The molecule has 1 aliphatic carbocycles. The molecule has 0 aromatic carbocycles. The van der Waals surface area contributed by atoms with Crippen LogP contribution in [0.4, 0.5) is 4.79 Å². The van der Waals surface area contributed by atoms with Crippen LogP contribution in [0, 0.1) is 0 Å². The molecule has 0 atom stereocenters. The lowest BCUT2D eigenvalue weighted by atomic mass is 10.0. The van der Waals surface area contributed by atoms with Crippen molar-refractivity contribution >= 4 is 17.0 Å². The molecule has 82 valence electrons. The molecule has 3 heteroatoms. The summed E-state index contributed by atoms with van der Waals surface area (Å²) < 4.78 is 0. The minimum atomic E-state index is -0.0985. The Labute approximate surface area is 91.2 Å². The van der Waals surface area contributed by atoms with Crippen molar-refractivity contribution in [1.82, 2.24) is 5.32 Å². The number of carbonyl (C=O) groups excluding carboxylic acids is 1. The molecule has 0 heterocycles. The van der Waals surface area contributed by atoms with Crippen molar-refractivity contribution in [3.8, 4) is 0 Å². The van der Waals surface area contributed by atoms with Crippen LogP contribution in [0.3, 0.4) is 0 Å². The van der Waals surface area contributed by atoms with Crippen molar-refractivity contribution in [3.05, 3.63) is 0 Å². The van der Waals surface area contributed by atoms with Crippen molar-refractivity contribution in [2.24, 2.45) is 0 Å². The summed E-state index contributed by atoms with van der Waals surface area (Å²) in [5.41, 5.74) is -0.0985. The lowest BCUT2D eigenvalue weighted by Gasteiger charge is -2.24. The zero-order valence-corrected chi connectivity index (χ0v) is 10.2. The summed E-state index contributed by atoms with van der Waals surface area (Å²) in [6, 6.07) is 0. The predicted octanol–water partition coefficient (Wildman–Crippen LogP) is 3.56. The molecule has 0 aromatic heterocycles. The van der Waals surface area contributed by atoms with E-state index in [4.69, 9.17) is 0 Å². The van der Waals surface area contributed by atoms with E-state index >= 15 is 0 Å². The standard InChI is InChI=1S/C11H21NOS/c1-11(2,3)12-10(13)14-9-7-5-4-6-8-9/h9H,4-8H2,1-3H3,(H,12,13). The van der Waals surface area contributed by atoms with E-state index in [1.165, 1.54) is 43.9 Å². The number of hydrogen-bond acceptors (Lipinski definition) is 2. The summed E-state index contributed by atoms with van der Waals surface area (Å²) >= 11 is 1.50. The van der Waals surface area contributed by atoms with Crippen molar-refractivity contribution < 1.29 is 4.79 Å². The molecule has 0 aliphatic heterocycles. The van der Waals surface area contributed by atoms with Gasteiger partial charge in [0.05, 0.1) is 0 Å². The van der Waals surface area contributed by atoms with Gasteiger partial charge in [0.25, 0.3) is 5.24 Å². The molecule has 1 fully saturated rings. The smallest absolute Gasteiger partial charge is 0.279 e. The third-order valence-electron chi connectivity index (χ3n) is 2.30. The highest BCUT2D eigenvalue weighted by Crippen LogP contribution is 2.28. The van der Waals surface area contributed by atoms with Crippen LogP contribution in [0.2, 0.25) is 0 Å². The van der Waals surface area contributed by atoms with Gasteiger partial charge in [0.15, 0.2) is 0 Å². The molecule has 1 amide bonds. The molecule has 1 N–H and O–H groups in total. The molecule has 1 rings (SSSR count). The Bertz CT molecular complexity index is 192. The lowest BCUT2D eigenvalue weighted by Crippen LogP contribution is -2.39. The largest absolute Gasteiger partial charge is 0.342 e. The van der Waals surface area contributed by atoms with Gasteiger partial charge in [0.1, 0.15) is 0 Å². The monoisotopic (exact) mass is 215 g/mol. The Hall–Kier alpha value is -0.180. The minimum Gasteiger partial charge on any atom is -0.342 e. The van der Waals surface area contributed by atoms with Crippen molar-refractivity contribution in [3.63, 3.8) is 0 Å². The molecule has 1 aliphatic rings. The van der Waals surface area contributed by atoms with Gasteiger partial charge in [-0.2, -0.15) is 0 Å². The third kappa shape index (κ3) is 4.89. The highest BCUT2D eigenvalue weighted by atomic mass is 32.2. The quantitative estimate of drug-likeness (QED) is 0.724. The fraction of sp³-hybridized carbons (Fsp3) is 0.909. The molecular weight excluding hydrogens is 194 g/mol. The topological polar surface area (TPSA) is 29.1 Å². The summed E-state index contributed by atoms with van der Waals surface area (Å²) in [6.45, 7) is 6.06. The van der Waals surface area contributed by atoms with E-state index in [1.54, 1.807) is 0 Å². The third-order valence-corrected chi connectivity index (χ3v) is 3.42. The molecule has 0 saturated heterocycles. The highest BCUT2D eigenvalue weighted by molar-refractivity contribution is 8.14. The van der Waals surface area contributed by atoms with Crippen LogP contribution in [-0.4, -0.2) is 16.0 Å². The number of amides is 1. The number of hydrogen-bond donors (Lipinski definition) is 1. The summed E-state index contributed by atoms with van der Waals surface area (Å²) in [5.74, 6) is 0. The second-order valence-corrected chi connectivity index (χ2v) is 6.31. The minimum absolute atomic E-state index is 0.0985. The van der Waals surface area contributed by atoms with Crippen LogP contribution in [0.25, 0.3) is 0 Å². The van der Waals surface area contributed by atoms with E-state index in [1.807, 2.05) is 20.8 Å². The lowest BCUT2D eigenvalue weighted by molar-refractivity contribution is 0.252. The number of carbonyl (C=O) groups is 1. The molecule has 1 saturated carbocycles. The molecule has 0 unspecified atom stereocenters. The molecule has 0 bridgehead atoms. The van der Waals surface area contributed by atoms with E-state index in [-0.39, 0.29) is 10.8 Å². The summed E-state index contributed by atoms with van der Waals surface area (Å²) in [4.78, 5) is 11.6. The van der Waals surface area contributed by atoms with E-state index < -0.39 is 0 Å². The Kier molecular flexibility index (Phi) is 4.30. The van der Waals surface area contributed by atoms with Crippen LogP contribution in [-0.2, 0) is 0 Å². The maximum atomic E-state index is 11.6. The molecule has 0 spiro atoms. The van der Waals surface area contributed by atoms with Crippen LogP contribution in [0.1, 0.15) is 52.9 Å². The Morgan fingerprint density at radius 3 is 2.29 bits per heavy atom. The first-order valence-electron chi connectivity index (χ1n) is 5.46. The van der Waals surface area contributed by atoms with Crippen molar-refractivity contribution in [1.29, 1.82) is 0 Å². The zero-order chi connectivity index (χ0) is 10.6. The molecule has 2 nitrogen and oxygen atoms in total. The van der Waals surface area contributed by atoms with E-state index in [0.29, 0.717) is 5.25 Å². The molecule has 14 heavy (non-hydrogen) atoms. The maximum Gasteiger partial charge on any atom is 0.279 e. The van der Waals surface area contributed by atoms with Gasteiger partial charge in [-0.05, 0) is 33.6 Å². The van der Waals surface area contributed by atoms with Crippen LogP contribution in [0.5, 0.6) is 0 Å². The van der Waals surface area contributed by atoms with Crippen molar-refractivity contribution in [2.75, 3.05) is 0 Å². The molecular formula is C11H21NOS. The van der Waals surface area contributed by atoms with Gasteiger partial charge in [0.2, 0.25) is 0 Å². The second kappa shape index (κ2) is 5.06. The summed E-state index contributed by atoms with van der Waals surface area (Å²) in [5, 5.41) is 3.69. The number of nitrogens with one attached hydrogen (secondary N) is 1. The number of rotatable bonds is 1. The highest BCUT2D eigenvalue weighted by Gasteiger charge is 2.20. The second-order valence-electron chi connectivity index (χ2n) is 5.04. The van der Waals surface area contributed by atoms with Crippen molar-refractivity contribution in [2.45, 2.75) is 63.7 Å². The van der Waals surface area contributed by atoms with E-state index in [9.17, 15) is 4.79 Å². The van der Waals surface area contributed by atoms with Crippen LogP contribution < -0.4 is 5.32 Å². The average molecular weight is 215 g/mol. The number of thioether (sulfide) groups is 1. The first kappa shape index (κ1) is 11.9. The van der Waals surface area contributed by atoms with Gasteiger partial charge < -0.3 is 5.32 Å². The Morgan fingerprint density at radius 1 is 1.21 bits per heavy atom. The van der Waals surface area contributed by atoms with Crippen LogP contribution in [0.15, 0.2) is 0 Å². The summed E-state index contributed by atoms with van der Waals surface area (Å²) in [6.07, 6.45) is 6.35. The fourth-order valence-electron chi connectivity index (χ4n) is 1.67. The van der Waals surface area contributed by atoms with Gasteiger partial charge in [-0.15, -0.1) is 0 Å². The van der Waals surface area contributed by atoms with Gasteiger partial charge in [0, 0.05) is 10.8 Å². The Balaban J connectivity index is 2.25. The Morgan fingerprint density at radius 2 is 1.79 bits per heavy atom. The van der Waals surface area contributed by atoms with E-state index in [0.717, 1.165) is 0 Å². The zero-order valence-electron chi connectivity index (χ0n) is 9.43. The summed E-state index contributed by atoms with van der Waals surface area (Å²) in [7, 11) is 0. The predicted molar refractivity (Wildman–Crippen MR) is 62.7 cm³/mol. The van der Waals surface area contributed by atoms with Gasteiger partial charge in [-0.1, -0.05) is 31.0 Å². The maximum absolute atomic E-state index is 11.6. The SMILES string of the molecule is CC(C)(C)NC(=O)SC1CCCCC1. The first-order valence-corrected chi connectivity index (χ1v) is 6.34. The molecule has 0 aromatic rings. The van der Waals surface area contributed by atoms with Gasteiger partial charge in [-0.25, -0.2) is 0 Å². The fourth-order valence-corrected chi connectivity index (χ4v) is 2.91. The van der Waals surface area contributed by atoms with Gasteiger partial charge >= 0.3 is 0 Å². The van der Waals surface area contributed by atoms with Gasteiger partial charge in [-0.3, -0.25) is 4.79 Å². The van der Waals surface area contributed by atoms with E-state index in [2.05, 4.69) is 5.32 Å².